The Hall–Kier alpha value is -3.74. The summed E-state index contributed by atoms with van der Waals surface area (Å²) in [6.45, 7) is 11.0. The smallest absolute Gasteiger partial charge is 0.335 e. The second-order valence-corrected chi connectivity index (χ2v) is 13.0. The van der Waals surface area contributed by atoms with Gasteiger partial charge in [0.05, 0.1) is 37.6 Å². The number of ether oxygens (including phenoxy) is 2. The minimum Gasteiger partial charge on any atom is -0.462 e. The predicted molar refractivity (Wildman–Crippen MR) is 189 cm³/mol. The zero-order valence-electron chi connectivity index (χ0n) is 28.3. The number of hydrogen-bond acceptors (Lipinski definition) is 6. The Morgan fingerprint density at radius 3 is 2.11 bits per heavy atom. The van der Waals surface area contributed by atoms with E-state index in [1.807, 2.05) is 0 Å². The first kappa shape index (κ1) is 36.1. The Morgan fingerprint density at radius 2 is 1.47 bits per heavy atom. The lowest BCUT2D eigenvalue weighted by molar-refractivity contribution is -0.140. The molecule has 4 rings (SSSR count). The molecule has 47 heavy (non-hydrogen) atoms. The van der Waals surface area contributed by atoms with Gasteiger partial charge < -0.3 is 19.7 Å². The van der Waals surface area contributed by atoms with Crippen LogP contribution in [0.2, 0.25) is 0 Å². The van der Waals surface area contributed by atoms with Crippen molar-refractivity contribution in [2.45, 2.75) is 90.4 Å². The summed E-state index contributed by atoms with van der Waals surface area (Å²) in [5, 5.41) is 20.5. The van der Waals surface area contributed by atoms with Crippen molar-refractivity contribution >= 4 is 22.7 Å². The second kappa shape index (κ2) is 18.0. The normalized spacial score (nSPS) is 16.2. The fourth-order valence-electron chi connectivity index (χ4n) is 6.79. The molecule has 0 bridgehead atoms. The van der Waals surface area contributed by atoms with E-state index < -0.39 is 25.2 Å². The number of fused-ring (bicyclic) bond motifs is 1. The molecule has 0 aliphatic heterocycles. The minimum absolute atomic E-state index is 0.0207. The van der Waals surface area contributed by atoms with Gasteiger partial charge in [-0.3, -0.25) is 0 Å². The van der Waals surface area contributed by atoms with Crippen LogP contribution in [0.15, 0.2) is 72.8 Å². The van der Waals surface area contributed by atoms with Gasteiger partial charge in [0, 0.05) is 12.8 Å². The molecule has 6 nitrogen and oxygen atoms in total. The van der Waals surface area contributed by atoms with Crippen molar-refractivity contribution in [1.29, 1.82) is 0 Å². The average molecular weight is 641 g/mol. The van der Waals surface area contributed by atoms with Crippen molar-refractivity contribution in [2.75, 3.05) is 26.4 Å². The van der Waals surface area contributed by atoms with E-state index in [4.69, 9.17) is 9.47 Å². The van der Waals surface area contributed by atoms with Crippen LogP contribution in [-0.4, -0.2) is 48.6 Å². The number of carbonyl (C=O) groups excluding carboxylic acids is 2. The van der Waals surface area contributed by atoms with E-state index in [2.05, 4.69) is 75.5 Å². The number of hydrogen-bond donors (Lipinski definition) is 2. The van der Waals surface area contributed by atoms with Crippen molar-refractivity contribution in [3.05, 3.63) is 95.1 Å². The standard InChI is InChI=1S/C41H52O6/c1-5-7-8-9-30-10-12-33(13-11-30)34-14-16-38(32(6-2)24-34)35-15-17-39-36(19-21-47-41(45)29(4)27-43)22-31(23-37(39)25-35)18-20-46-40(44)28(3)26-42/h14-17,22-25,30,33,42-43H,3-13,18-21,26-27H2,1-2H3. The zero-order chi connectivity index (χ0) is 33.8. The molecule has 3 aromatic rings. The molecule has 0 atom stereocenters. The third-order valence-corrected chi connectivity index (χ3v) is 9.64. The fourth-order valence-corrected chi connectivity index (χ4v) is 6.79. The number of rotatable bonds is 17. The SMILES string of the molecule is C=C(CO)C(=O)OCCc1cc(CCOC(=O)C(=C)CO)c2ccc(-c3ccc(C4CCC(CCCCC)CC4)cc3CC)cc2c1. The third-order valence-electron chi connectivity index (χ3n) is 9.64. The van der Waals surface area contributed by atoms with Crippen molar-refractivity contribution in [3.8, 4) is 11.1 Å². The van der Waals surface area contributed by atoms with Crippen molar-refractivity contribution in [3.63, 3.8) is 0 Å². The van der Waals surface area contributed by atoms with Gasteiger partial charge in [0.2, 0.25) is 0 Å². The van der Waals surface area contributed by atoms with Crippen LogP contribution in [0, 0.1) is 5.92 Å². The number of unbranched alkanes of at least 4 members (excludes halogenated alkanes) is 2. The lowest BCUT2D eigenvalue weighted by Gasteiger charge is -2.29. The van der Waals surface area contributed by atoms with Crippen LogP contribution in [0.5, 0.6) is 0 Å². The second-order valence-electron chi connectivity index (χ2n) is 13.0. The summed E-state index contributed by atoms with van der Waals surface area (Å²) in [5.41, 5.74) is 7.25. The van der Waals surface area contributed by atoms with E-state index in [0.29, 0.717) is 18.8 Å². The van der Waals surface area contributed by atoms with Gasteiger partial charge in [-0.1, -0.05) is 95.2 Å². The maximum absolute atomic E-state index is 12.1. The molecule has 252 valence electrons. The Morgan fingerprint density at radius 1 is 0.787 bits per heavy atom. The molecule has 0 amide bonds. The lowest BCUT2D eigenvalue weighted by atomic mass is 9.76. The molecule has 0 spiro atoms. The summed E-state index contributed by atoms with van der Waals surface area (Å²) in [5.74, 6) is 0.323. The highest BCUT2D eigenvalue weighted by molar-refractivity contribution is 5.91. The number of esters is 2. The molecule has 2 N–H and O–H groups in total. The topological polar surface area (TPSA) is 93.1 Å². The maximum atomic E-state index is 12.1. The molecular weight excluding hydrogens is 588 g/mol. The van der Waals surface area contributed by atoms with Crippen molar-refractivity contribution in [1.82, 2.24) is 0 Å². The van der Waals surface area contributed by atoms with Crippen LogP contribution in [0.4, 0.5) is 0 Å². The molecule has 3 aromatic carbocycles. The monoisotopic (exact) mass is 640 g/mol. The van der Waals surface area contributed by atoms with E-state index in [0.717, 1.165) is 39.8 Å². The van der Waals surface area contributed by atoms with Crippen molar-refractivity contribution in [2.24, 2.45) is 5.92 Å². The summed E-state index contributed by atoms with van der Waals surface area (Å²) in [6, 6.07) is 17.8. The van der Waals surface area contributed by atoms with E-state index in [1.165, 1.54) is 68.1 Å². The quantitative estimate of drug-likeness (QED) is 0.0878. The highest BCUT2D eigenvalue weighted by Crippen LogP contribution is 2.39. The molecule has 1 fully saturated rings. The summed E-state index contributed by atoms with van der Waals surface area (Å²) in [4.78, 5) is 24.1. The lowest BCUT2D eigenvalue weighted by Crippen LogP contribution is -2.13. The minimum atomic E-state index is -0.609. The summed E-state index contributed by atoms with van der Waals surface area (Å²) < 4.78 is 10.7. The first-order valence-electron chi connectivity index (χ1n) is 17.4. The third kappa shape index (κ3) is 9.88. The summed E-state index contributed by atoms with van der Waals surface area (Å²) in [7, 11) is 0. The number of carbonyl (C=O) groups is 2. The average Bonchev–Trinajstić information content (AvgIpc) is 3.10. The maximum Gasteiger partial charge on any atom is 0.335 e. The van der Waals surface area contributed by atoms with Gasteiger partial charge in [-0.05, 0) is 94.2 Å². The molecule has 0 heterocycles. The Balaban J connectivity index is 1.56. The molecule has 1 aliphatic rings. The molecule has 0 aromatic heterocycles. The summed E-state index contributed by atoms with van der Waals surface area (Å²) >= 11 is 0. The number of aryl methyl sites for hydroxylation is 1. The zero-order valence-corrected chi connectivity index (χ0v) is 28.3. The van der Waals surface area contributed by atoms with Gasteiger partial charge in [-0.2, -0.15) is 0 Å². The van der Waals surface area contributed by atoms with E-state index in [-0.39, 0.29) is 24.4 Å². The summed E-state index contributed by atoms with van der Waals surface area (Å²) in [6.07, 6.45) is 12.6. The predicted octanol–water partition coefficient (Wildman–Crippen LogP) is 8.19. The van der Waals surface area contributed by atoms with Crippen LogP contribution in [-0.2, 0) is 38.3 Å². The van der Waals surface area contributed by atoms with Gasteiger partial charge >= 0.3 is 11.9 Å². The van der Waals surface area contributed by atoms with Gasteiger partial charge in [-0.15, -0.1) is 0 Å². The molecule has 1 saturated carbocycles. The first-order chi connectivity index (χ1) is 22.8. The van der Waals surface area contributed by atoms with Gasteiger partial charge in [0.25, 0.3) is 0 Å². The van der Waals surface area contributed by atoms with Crippen LogP contribution in [0.1, 0.15) is 93.4 Å². The molecule has 0 radical (unpaired) electrons. The fraction of sp³-hybridized carbons (Fsp3) is 0.463. The van der Waals surface area contributed by atoms with Gasteiger partial charge in [-0.25, -0.2) is 9.59 Å². The van der Waals surface area contributed by atoms with Gasteiger partial charge in [0.15, 0.2) is 0 Å². The van der Waals surface area contributed by atoms with E-state index >= 15 is 0 Å². The van der Waals surface area contributed by atoms with E-state index in [1.54, 1.807) is 0 Å². The Kier molecular flexibility index (Phi) is 13.8. The van der Waals surface area contributed by atoms with Crippen LogP contribution >= 0.6 is 0 Å². The molecule has 6 heteroatoms. The Labute approximate surface area is 280 Å². The first-order valence-corrected chi connectivity index (χ1v) is 17.4. The largest absolute Gasteiger partial charge is 0.462 e. The number of benzene rings is 3. The highest BCUT2D eigenvalue weighted by atomic mass is 16.5. The van der Waals surface area contributed by atoms with Crippen molar-refractivity contribution < 1.29 is 29.3 Å². The van der Waals surface area contributed by atoms with Crippen LogP contribution < -0.4 is 0 Å². The van der Waals surface area contributed by atoms with Gasteiger partial charge in [0.1, 0.15) is 0 Å². The molecule has 0 unspecified atom stereocenters. The Bertz CT molecular complexity index is 1550. The number of aliphatic hydroxyl groups is 2. The molecular formula is C41H52O6. The highest BCUT2D eigenvalue weighted by Gasteiger charge is 2.23. The molecule has 0 saturated heterocycles. The molecule has 1 aliphatic carbocycles. The number of aliphatic hydroxyl groups excluding tert-OH is 2. The van der Waals surface area contributed by atoms with Crippen LogP contribution in [0.3, 0.4) is 0 Å². The van der Waals surface area contributed by atoms with E-state index in [9.17, 15) is 19.8 Å². The van der Waals surface area contributed by atoms with Crippen LogP contribution in [0.25, 0.3) is 21.9 Å².